The van der Waals surface area contributed by atoms with Crippen LogP contribution < -0.4 is 4.90 Å². The van der Waals surface area contributed by atoms with Gasteiger partial charge in [0.1, 0.15) is 11.3 Å². The number of hydrogen-bond acceptors (Lipinski definition) is 4. The molecule has 0 aliphatic heterocycles. The predicted octanol–water partition coefficient (Wildman–Crippen LogP) is 5.33. The molecule has 0 N–H and O–H groups in total. The molecule has 0 spiro atoms. The molecular formula is C20H13ClFN3OS. The van der Waals surface area contributed by atoms with Gasteiger partial charge in [0.25, 0.3) is 5.91 Å². The molecule has 0 bridgehead atoms. The van der Waals surface area contributed by atoms with Gasteiger partial charge in [-0.1, -0.05) is 47.2 Å². The second-order valence-corrected chi connectivity index (χ2v) is 7.19. The molecule has 0 fully saturated rings. The maximum atomic E-state index is 14.1. The first-order chi connectivity index (χ1) is 13.1. The Morgan fingerprint density at radius 2 is 1.89 bits per heavy atom. The third-order valence-electron chi connectivity index (χ3n) is 3.99. The minimum Gasteiger partial charge on any atom is -0.278 e. The summed E-state index contributed by atoms with van der Waals surface area (Å²) in [5.41, 5.74) is 1.29. The minimum absolute atomic E-state index is 0.201. The van der Waals surface area contributed by atoms with Crippen molar-refractivity contribution in [2.45, 2.75) is 6.54 Å². The zero-order chi connectivity index (χ0) is 18.8. The van der Waals surface area contributed by atoms with Crippen LogP contribution in [-0.2, 0) is 6.54 Å². The number of thiazole rings is 1. The zero-order valence-corrected chi connectivity index (χ0v) is 15.5. The summed E-state index contributed by atoms with van der Waals surface area (Å²) in [6.07, 6.45) is 1.66. The number of pyridine rings is 1. The number of anilines is 1. The van der Waals surface area contributed by atoms with Crippen LogP contribution >= 0.6 is 22.9 Å². The number of amides is 1. The summed E-state index contributed by atoms with van der Waals surface area (Å²) < 4.78 is 14.8. The van der Waals surface area contributed by atoms with Crippen LogP contribution in [0, 0.1) is 5.82 Å². The summed E-state index contributed by atoms with van der Waals surface area (Å²) in [5.74, 6) is -0.733. The highest BCUT2D eigenvalue weighted by atomic mass is 35.5. The molecule has 0 aliphatic carbocycles. The van der Waals surface area contributed by atoms with Crippen LogP contribution in [0.25, 0.3) is 10.2 Å². The molecule has 0 atom stereocenters. The number of para-hydroxylation sites is 1. The quantitative estimate of drug-likeness (QED) is 0.467. The number of rotatable bonds is 4. The van der Waals surface area contributed by atoms with Crippen LogP contribution in [0.2, 0.25) is 5.02 Å². The average molecular weight is 398 g/mol. The molecule has 2 aromatic heterocycles. The fourth-order valence-electron chi connectivity index (χ4n) is 2.68. The first kappa shape index (κ1) is 17.6. The first-order valence-corrected chi connectivity index (χ1v) is 9.34. The highest BCUT2D eigenvalue weighted by Gasteiger charge is 2.24. The van der Waals surface area contributed by atoms with E-state index in [0.29, 0.717) is 26.1 Å². The number of fused-ring (bicyclic) bond motifs is 1. The minimum atomic E-state index is -0.419. The third kappa shape index (κ3) is 3.54. The van der Waals surface area contributed by atoms with E-state index in [-0.39, 0.29) is 18.0 Å². The van der Waals surface area contributed by atoms with Crippen molar-refractivity contribution in [2.24, 2.45) is 0 Å². The second kappa shape index (κ2) is 7.42. The Hall–Kier alpha value is -2.83. The maximum absolute atomic E-state index is 14.1. The summed E-state index contributed by atoms with van der Waals surface area (Å²) in [4.78, 5) is 23.4. The van der Waals surface area contributed by atoms with Crippen molar-refractivity contribution in [1.29, 1.82) is 0 Å². The van der Waals surface area contributed by atoms with Gasteiger partial charge >= 0.3 is 0 Å². The van der Waals surface area contributed by atoms with Crippen LogP contribution in [0.15, 0.2) is 66.9 Å². The van der Waals surface area contributed by atoms with Gasteiger partial charge in [-0.2, -0.15) is 0 Å². The van der Waals surface area contributed by atoms with Crippen molar-refractivity contribution in [3.63, 3.8) is 0 Å². The van der Waals surface area contributed by atoms with E-state index in [1.54, 1.807) is 48.7 Å². The Bertz CT molecular complexity index is 1120. The second-order valence-electron chi connectivity index (χ2n) is 5.78. The lowest BCUT2D eigenvalue weighted by Gasteiger charge is -2.20. The molecule has 0 aliphatic rings. The highest BCUT2D eigenvalue weighted by Crippen LogP contribution is 2.32. The maximum Gasteiger partial charge on any atom is 0.261 e. The molecule has 0 radical (unpaired) electrons. The molecule has 1 amide bonds. The Morgan fingerprint density at radius 1 is 1.07 bits per heavy atom. The topological polar surface area (TPSA) is 46.1 Å². The van der Waals surface area contributed by atoms with Crippen LogP contribution in [0.3, 0.4) is 0 Å². The number of nitrogens with zero attached hydrogens (tertiary/aromatic N) is 3. The van der Waals surface area contributed by atoms with E-state index in [2.05, 4.69) is 9.97 Å². The molecule has 4 nitrogen and oxygen atoms in total. The van der Waals surface area contributed by atoms with Crippen LogP contribution in [0.5, 0.6) is 0 Å². The molecule has 2 heterocycles. The Balaban J connectivity index is 1.81. The molecular weight excluding hydrogens is 385 g/mol. The van der Waals surface area contributed by atoms with E-state index < -0.39 is 5.82 Å². The summed E-state index contributed by atoms with van der Waals surface area (Å²) in [5, 5.41) is 0.742. The lowest BCUT2D eigenvalue weighted by molar-refractivity contribution is 0.0985. The number of halogens is 2. The normalized spacial score (nSPS) is 10.9. The smallest absolute Gasteiger partial charge is 0.261 e. The van der Waals surface area contributed by atoms with Gasteiger partial charge in [0.2, 0.25) is 0 Å². The summed E-state index contributed by atoms with van der Waals surface area (Å²) in [6, 6.07) is 17.0. The van der Waals surface area contributed by atoms with Gasteiger partial charge in [-0.05, 0) is 36.4 Å². The third-order valence-corrected chi connectivity index (χ3v) is 5.36. The Labute approximate surface area is 163 Å². The van der Waals surface area contributed by atoms with E-state index in [1.165, 1.54) is 22.3 Å². The molecule has 0 saturated carbocycles. The van der Waals surface area contributed by atoms with Gasteiger partial charge < -0.3 is 0 Å². The van der Waals surface area contributed by atoms with E-state index in [4.69, 9.17) is 11.6 Å². The molecule has 2 aromatic carbocycles. The van der Waals surface area contributed by atoms with Gasteiger partial charge in [-0.25, -0.2) is 9.37 Å². The van der Waals surface area contributed by atoms with Crippen LogP contribution in [0.1, 0.15) is 16.1 Å². The summed E-state index contributed by atoms with van der Waals surface area (Å²) in [7, 11) is 0. The Kier molecular flexibility index (Phi) is 4.83. The van der Waals surface area contributed by atoms with Crippen molar-refractivity contribution in [3.05, 3.63) is 89.0 Å². The fraction of sp³-hybridized carbons (Fsp3) is 0.0500. The van der Waals surface area contributed by atoms with Crippen molar-refractivity contribution in [3.8, 4) is 0 Å². The van der Waals surface area contributed by atoms with Gasteiger partial charge in [0, 0.05) is 6.20 Å². The molecule has 27 heavy (non-hydrogen) atoms. The van der Waals surface area contributed by atoms with Gasteiger partial charge in [0.05, 0.1) is 27.5 Å². The van der Waals surface area contributed by atoms with Crippen molar-refractivity contribution < 1.29 is 9.18 Å². The number of benzene rings is 2. The predicted molar refractivity (Wildman–Crippen MR) is 106 cm³/mol. The van der Waals surface area contributed by atoms with Gasteiger partial charge in [-0.15, -0.1) is 0 Å². The standard InChI is InChI=1S/C20H13ClFN3OS/c21-15-8-2-1-7-14(15)19(26)25(12-13-6-3-4-11-23-13)20-24-18-16(22)9-5-10-17(18)27-20/h1-11H,12H2. The van der Waals surface area contributed by atoms with Crippen LogP contribution in [0.4, 0.5) is 9.52 Å². The number of carbonyl (C=O) groups is 1. The van der Waals surface area contributed by atoms with Crippen LogP contribution in [-0.4, -0.2) is 15.9 Å². The van der Waals surface area contributed by atoms with E-state index >= 15 is 0 Å². The lowest BCUT2D eigenvalue weighted by atomic mass is 10.2. The van der Waals surface area contributed by atoms with Gasteiger partial charge in [0.15, 0.2) is 5.13 Å². The molecule has 134 valence electrons. The number of aromatic nitrogens is 2. The van der Waals surface area contributed by atoms with Crippen molar-refractivity contribution in [2.75, 3.05) is 4.90 Å². The van der Waals surface area contributed by atoms with Crippen molar-refractivity contribution >= 4 is 44.2 Å². The molecule has 0 saturated heterocycles. The molecule has 0 unspecified atom stereocenters. The number of carbonyl (C=O) groups excluding carboxylic acids is 1. The average Bonchev–Trinajstić information content (AvgIpc) is 3.12. The van der Waals surface area contributed by atoms with Gasteiger partial charge in [-0.3, -0.25) is 14.7 Å². The largest absolute Gasteiger partial charge is 0.278 e. The summed E-state index contributed by atoms with van der Waals surface area (Å²) >= 11 is 7.47. The molecule has 4 rings (SSSR count). The lowest BCUT2D eigenvalue weighted by Crippen LogP contribution is -2.31. The summed E-state index contributed by atoms with van der Waals surface area (Å²) in [6.45, 7) is 0.201. The zero-order valence-electron chi connectivity index (χ0n) is 14.0. The first-order valence-electron chi connectivity index (χ1n) is 8.15. The fourth-order valence-corrected chi connectivity index (χ4v) is 3.87. The van der Waals surface area contributed by atoms with Crippen molar-refractivity contribution in [1.82, 2.24) is 9.97 Å². The SMILES string of the molecule is O=C(c1ccccc1Cl)N(Cc1ccccn1)c1nc2c(F)cccc2s1. The Morgan fingerprint density at radius 3 is 2.63 bits per heavy atom. The molecule has 4 aromatic rings. The molecule has 7 heteroatoms. The van der Waals surface area contributed by atoms with E-state index in [1.807, 2.05) is 12.1 Å². The van der Waals surface area contributed by atoms with E-state index in [0.717, 1.165) is 0 Å². The number of hydrogen-bond donors (Lipinski definition) is 0. The monoisotopic (exact) mass is 397 g/mol. The van der Waals surface area contributed by atoms with E-state index in [9.17, 15) is 9.18 Å². The highest BCUT2D eigenvalue weighted by molar-refractivity contribution is 7.22.